The Kier molecular flexibility index (Phi) is 6.21. The van der Waals surface area contributed by atoms with Gasteiger partial charge < -0.3 is 9.64 Å². The average molecular weight is 304 g/mol. The fourth-order valence-corrected chi connectivity index (χ4v) is 2.75. The highest BCUT2D eigenvalue weighted by molar-refractivity contribution is 7.09. The summed E-state index contributed by atoms with van der Waals surface area (Å²) in [6.07, 6.45) is 2.47. The van der Waals surface area contributed by atoms with Crippen molar-refractivity contribution in [3.05, 3.63) is 45.9 Å². The van der Waals surface area contributed by atoms with E-state index in [1.165, 1.54) is 18.4 Å². The van der Waals surface area contributed by atoms with Crippen molar-refractivity contribution in [1.82, 2.24) is 9.88 Å². The molecular weight excluding hydrogens is 280 g/mol. The van der Waals surface area contributed by atoms with Crippen molar-refractivity contribution < 1.29 is 4.74 Å². The highest BCUT2D eigenvalue weighted by Gasteiger charge is 2.06. The number of thiazole rings is 1. The number of hydrogen-bond acceptors (Lipinski definition) is 4. The molecule has 1 aromatic heterocycles. The normalized spacial score (nSPS) is 11.0. The maximum atomic E-state index is 5.76. The molecule has 0 aliphatic rings. The Bertz CT molecular complexity index is 536. The van der Waals surface area contributed by atoms with Crippen molar-refractivity contribution >= 4 is 11.3 Å². The molecule has 0 amide bonds. The molecule has 114 valence electrons. The molecule has 0 fully saturated rings. The summed E-state index contributed by atoms with van der Waals surface area (Å²) in [5, 5.41) is 3.17. The Morgan fingerprint density at radius 3 is 2.71 bits per heavy atom. The van der Waals surface area contributed by atoms with E-state index in [4.69, 9.17) is 4.74 Å². The van der Waals surface area contributed by atoms with Crippen LogP contribution in [0, 0.1) is 6.92 Å². The molecule has 0 N–H and O–H groups in total. The minimum absolute atomic E-state index is 0.548. The second-order valence-electron chi connectivity index (χ2n) is 5.43. The van der Waals surface area contributed by atoms with Crippen LogP contribution in [0.5, 0.6) is 5.75 Å². The third-order valence-electron chi connectivity index (χ3n) is 3.31. The molecule has 0 aliphatic heterocycles. The van der Waals surface area contributed by atoms with Gasteiger partial charge in [0.25, 0.3) is 0 Å². The van der Waals surface area contributed by atoms with Gasteiger partial charge in [0.2, 0.25) is 0 Å². The lowest BCUT2D eigenvalue weighted by atomic mass is 10.2. The maximum Gasteiger partial charge on any atom is 0.140 e. The molecule has 0 bridgehead atoms. The smallest absolute Gasteiger partial charge is 0.140 e. The fourth-order valence-electron chi connectivity index (χ4n) is 2.05. The van der Waals surface area contributed by atoms with Crippen LogP contribution < -0.4 is 4.74 Å². The third kappa shape index (κ3) is 5.48. The van der Waals surface area contributed by atoms with Gasteiger partial charge in [-0.2, -0.15) is 0 Å². The summed E-state index contributed by atoms with van der Waals surface area (Å²) in [5.41, 5.74) is 2.38. The fraction of sp³-hybridized carbons (Fsp3) is 0.471. The number of nitrogens with zero attached hydrogens (tertiary/aromatic N) is 2. The Morgan fingerprint density at radius 2 is 2.00 bits per heavy atom. The Balaban J connectivity index is 1.81. The van der Waals surface area contributed by atoms with Crippen molar-refractivity contribution in [2.45, 2.75) is 39.8 Å². The first-order valence-corrected chi connectivity index (χ1v) is 8.36. The minimum Gasteiger partial charge on any atom is -0.486 e. The Hall–Kier alpha value is -1.39. The van der Waals surface area contributed by atoms with Gasteiger partial charge in [0.05, 0.1) is 5.69 Å². The molecule has 0 unspecified atom stereocenters. The van der Waals surface area contributed by atoms with Crippen molar-refractivity contribution in [3.8, 4) is 5.75 Å². The molecule has 0 radical (unpaired) electrons. The SMILES string of the molecule is CCCCN(C)Cc1csc(COc2ccc(C)cc2)n1. The summed E-state index contributed by atoms with van der Waals surface area (Å²) in [4.78, 5) is 6.97. The number of ether oxygens (including phenoxy) is 1. The summed E-state index contributed by atoms with van der Waals surface area (Å²) in [7, 11) is 2.15. The molecule has 21 heavy (non-hydrogen) atoms. The zero-order chi connectivity index (χ0) is 15.1. The molecule has 2 rings (SSSR count). The first kappa shape index (κ1) is 16.0. The number of aryl methyl sites for hydroxylation is 1. The van der Waals surface area contributed by atoms with Gasteiger partial charge in [0.15, 0.2) is 0 Å². The molecule has 2 aromatic rings. The molecule has 0 saturated carbocycles. The lowest BCUT2D eigenvalue weighted by Gasteiger charge is -2.14. The van der Waals surface area contributed by atoms with Crippen molar-refractivity contribution in [1.29, 1.82) is 0 Å². The van der Waals surface area contributed by atoms with Crippen LogP contribution in [0.2, 0.25) is 0 Å². The van der Waals surface area contributed by atoms with Crippen molar-refractivity contribution in [3.63, 3.8) is 0 Å². The van der Waals surface area contributed by atoms with E-state index in [-0.39, 0.29) is 0 Å². The zero-order valence-electron chi connectivity index (χ0n) is 13.1. The van der Waals surface area contributed by atoms with Crippen LogP contribution in [0.25, 0.3) is 0 Å². The van der Waals surface area contributed by atoms with Crippen LogP contribution in [0.3, 0.4) is 0 Å². The molecule has 0 atom stereocenters. The molecule has 0 saturated heterocycles. The first-order chi connectivity index (χ1) is 10.2. The van der Waals surface area contributed by atoms with Crippen LogP contribution >= 0.6 is 11.3 Å². The van der Waals surface area contributed by atoms with Crippen LogP contribution in [0.15, 0.2) is 29.6 Å². The monoisotopic (exact) mass is 304 g/mol. The van der Waals surface area contributed by atoms with E-state index < -0.39 is 0 Å². The van der Waals surface area contributed by atoms with Gasteiger partial charge >= 0.3 is 0 Å². The summed E-state index contributed by atoms with van der Waals surface area (Å²) in [6.45, 7) is 6.89. The predicted molar refractivity (Wildman–Crippen MR) is 88.9 cm³/mol. The molecule has 1 aromatic carbocycles. The highest BCUT2D eigenvalue weighted by atomic mass is 32.1. The predicted octanol–water partition coefficient (Wildman–Crippen LogP) is 4.26. The van der Waals surface area contributed by atoms with Gasteiger partial charge in [-0.1, -0.05) is 31.0 Å². The van der Waals surface area contributed by atoms with Crippen LogP contribution in [-0.2, 0) is 13.2 Å². The number of aromatic nitrogens is 1. The van der Waals surface area contributed by atoms with E-state index in [0.717, 1.165) is 29.5 Å². The quantitative estimate of drug-likeness (QED) is 0.728. The van der Waals surface area contributed by atoms with Crippen molar-refractivity contribution in [2.75, 3.05) is 13.6 Å². The molecule has 0 aliphatic carbocycles. The van der Waals surface area contributed by atoms with Gasteiger partial charge in [-0.3, -0.25) is 0 Å². The summed E-state index contributed by atoms with van der Waals surface area (Å²) < 4.78 is 5.76. The average Bonchev–Trinajstić information content (AvgIpc) is 2.92. The first-order valence-electron chi connectivity index (χ1n) is 7.48. The maximum absolute atomic E-state index is 5.76. The van der Waals surface area contributed by atoms with Crippen LogP contribution in [0.4, 0.5) is 0 Å². The van der Waals surface area contributed by atoms with E-state index in [2.05, 4.69) is 48.3 Å². The van der Waals surface area contributed by atoms with Crippen molar-refractivity contribution in [2.24, 2.45) is 0 Å². The third-order valence-corrected chi connectivity index (χ3v) is 4.18. The molecule has 4 heteroatoms. The van der Waals surface area contributed by atoms with Crippen LogP contribution in [0.1, 0.15) is 36.0 Å². The molecule has 1 heterocycles. The number of hydrogen-bond donors (Lipinski definition) is 0. The largest absolute Gasteiger partial charge is 0.486 e. The van der Waals surface area contributed by atoms with Gasteiger partial charge in [-0.05, 0) is 39.1 Å². The van der Waals surface area contributed by atoms with E-state index in [9.17, 15) is 0 Å². The standard InChI is InChI=1S/C17H24N2OS/c1-4-5-10-19(3)11-15-13-21-17(18-15)12-20-16-8-6-14(2)7-9-16/h6-9,13H,4-5,10-12H2,1-3H3. The minimum atomic E-state index is 0.548. The van der Waals surface area contributed by atoms with E-state index in [0.29, 0.717) is 6.61 Å². The molecular formula is C17H24N2OS. The second-order valence-corrected chi connectivity index (χ2v) is 6.37. The molecule has 0 spiro atoms. The zero-order valence-corrected chi connectivity index (χ0v) is 13.9. The molecule has 3 nitrogen and oxygen atoms in total. The van der Waals surface area contributed by atoms with Gasteiger partial charge in [0, 0.05) is 11.9 Å². The van der Waals surface area contributed by atoms with E-state index in [1.54, 1.807) is 11.3 Å². The second kappa shape index (κ2) is 8.15. The lowest BCUT2D eigenvalue weighted by Crippen LogP contribution is -2.19. The number of unbranched alkanes of at least 4 members (excludes halogenated alkanes) is 1. The Labute approximate surface area is 131 Å². The van der Waals surface area contributed by atoms with Gasteiger partial charge in [0.1, 0.15) is 17.4 Å². The van der Waals surface area contributed by atoms with Gasteiger partial charge in [-0.25, -0.2) is 4.98 Å². The summed E-state index contributed by atoms with van der Waals surface area (Å²) in [5.74, 6) is 0.900. The topological polar surface area (TPSA) is 25.4 Å². The van der Waals surface area contributed by atoms with E-state index >= 15 is 0 Å². The lowest BCUT2D eigenvalue weighted by molar-refractivity contribution is 0.301. The number of rotatable bonds is 8. The highest BCUT2D eigenvalue weighted by Crippen LogP contribution is 2.16. The summed E-state index contributed by atoms with van der Waals surface area (Å²) >= 11 is 1.67. The number of benzene rings is 1. The Morgan fingerprint density at radius 1 is 1.24 bits per heavy atom. The summed E-state index contributed by atoms with van der Waals surface area (Å²) in [6, 6.07) is 8.13. The van der Waals surface area contributed by atoms with E-state index in [1.807, 2.05) is 12.1 Å². The van der Waals surface area contributed by atoms with Gasteiger partial charge in [-0.15, -0.1) is 11.3 Å². The van der Waals surface area contributed by atoms with Crippen LogP contribution in [-0.4, -0.2) is 23.5 Å².